The normalized spacial score (nSPS) is 18.0. The molecular weight excluding hydrogens is 315 g/mol. The van der Waals surface area contributed by atoms with Crippen molar-refractivity contribution in [1.29, 1.82) is 0 Å². The summed E-state index contributed by atoms with van der Waals surface area (Å²) in [6, 6.07) is 1.40. The van der Waals surface area contributed by atoms with Crippen molar-refractivity contribution in [3.05, 3.63) is 30.0 Å². The third-order valence-electron chi connectivity index (χ3n) is 4.01. The molecule has 3 rings (SSSR count). The van der Waals surface area contributed by atoms with Crippen LogP contribution in [0.15, 0.2) is 18.5 Å². The molecule has 0 bridgehead atoms. The van der Waals surface area contributed by atoms with Crippen LogP contribution >= 0.6 is 11.3 Å². The SMILES string of the molecule is Cc1nc(-c2cncc(F)c2)sc1N(C)C(=O)C1CCCNC1. The van der Waals surface area contributed by atoms with Crippen LogP contribution < -0.4 is 10.2 Å². The maximum atomic E-state index is 13.3. The van der Waals surface area contributed by atoms with Crippen LogP contribution in [0, 0.1) is 18.7 Å². The highest BCUT2D eigenvalue weighted by atomic mass is 32.1. The number of carbonyl (C=O) groups is 1. The molecule has 1 fully saturated rings. The minimum absolute atomic E-state index is 0.00883. The zero-order valence-corrected chi connectivity index (χ0v) is 14.0. The predicted molar refractivity (Wildman–Crippen MR) is 89.0 cm³/mol. The summed E-state index contributed by atoms with van der Waals surface area (Å²) in [4.78, 5) is 22.7. The van der Waals surface area contributed by atoms with Gasteiger partial charge in [-0.05, 0) is 32.4 Å². The number of hydrogen-bond donors (Lipinski definition) is 1. The van der Waals surface area contributed by atoms with Crippen LogP contribution in [0.2, 0.25) is 0 Å². The van der Waals surface area contributed by atoms with Crippen LogP contribution in [0.25, 0.3) is 10.6 Å². The smallest absolute Gasteiger partial charge is 0.231 e. The van der Waals surface area contributed by atoms with E-state index in [2.05, 4.69) is 15.3 Å². The van der Waals surface area contributed by atoms with Gasteiger partial charge in [-0.25, -0.2) is 9.37 Å². The van der Waals surface area contributed by atoms with E-state index in [0.717, 1.165) is 42.8 Å². The molecule has 1 atom stereocenters. The van der Waals surface area contributed by atoms with Crippen LogP contribution in [0.1, 0.15) is 18.5 Å². The third-order valence-corrected chi connectivity index (χ3v) is 5.29. The molecule has 1 amide bonds. The fourth-order valence-corrected chi connectivity index (χ4v) is 3.80. The number of rotatable bonds is 3. The van der Waals surface area contributed by atoms with Gasteiger partial charge >= 0.3 is 0 Å². The number of anilines is 1. The van der Waals surface area contributed by atoms with Gasteiger partial charge in [-0.2, -0.15) is 0 Å². The number of hydrogen-bond acceptors (Lipinski definition) is 5. The summed E-state index contributed by atoms with van der Waals surface area (Å²) < 4.78 is 13.3. The molecule has 2 aromatic rings. The number of carbonyl (C=O) groups excluding carboxylic acids is 1. The molecule has 0 spiro atoms. The fraction of sp³-hybridized carbons (Fsp3) is 0.438. The van der Waals surface area contributed by atoms with E-state index in [-0.39, 0.29) is 11.8 Å². The van der Waals surface area contributed by atoms with Gasteiger partial charge in [0.25, 0.3) is 0 Å². The Bertz CT molecular complexity index is 712. The van der Waals surface area contributed by atoms with Gasteiger partial charge in [0.15, 0.2) is 0 Å². The van der Waals surface area contributed by atoms with E-state index >= 15 is 0 Å². The van der Waals surface area contributed by atoms with Crippen molar-refractivity contribution in [3.63, 3.8) is 0 Å². The molecule has 1 aliphatic heterocycles. The monoisotopic (exact) mass is 334 g/mol. The minimum atomic E-state index is -0.394. The second-order valence-corrected chi connectivity index (χ2v) is 6.72. The van der Waals surface area contributed by atoms with Crippen molar-refractivity contribution in [2.45, 2.75) is 19.8 Å². The molecule has 3 heterocycles. The van der Waals surface area contributed by atoms with Crippen molar-refractivity contribution >= 4 is 22.2 Å². The maximum absolute atomic E-state index is 13.3. The lowest BCUT2D eigenvalue weighted by molar-refractivity contribution is -0.122. The van der Waals surface area contributed by atoms with Gasteiger partial charge in [0.05, 0.1) is 17.8 Å². The van der Waals surface area contributed by atoms with Gasteiger partial charge < -0.3 is 10.2 Å². The van der Waals surface area contributed by atoms with Crippen LogP contribution in [0.5, 0.6) is 0 Å². The van der Waals surface area contributed by atoms with E-state index in [1.54, 1.807) is 18.1 Å². The van der Waals surface area contributed by atoms with Gasteiger partial charge in [0, 0.05) is 25.4 Å². The summed E-state index contributed by atoms with van der Waals surface area (Å²) in [7, 11) is 1.78. The first kappa shape index (κ1) is 16.0. The zero-order chi connectivity index (χ0) is 16.4. The number of aryl methyl sites for hydroxylation is 1. The molecule has 7 heteroatoms. The summed E-state index contributed by atoms with van der Waals surface area (Å²) in [5, 5.41) is 4.74. The Labute approximate surface area is 138 Å². The quantitative estimate of drug-likeness (QED) is 0.937. The lowest BCUT2D eigenvalue weighted by atomic mass is 9.98. The predicted octanol–water partition coefficient (Wildman–Crippen LogP) is 2.62. The number of nitrogens with one attached hydrogen (secondary N) is 1. The Hall–Kier alpha value is -1.86. The topological polar surface area (TPSA) is 58.1 Å². The highest BCUT2D eigenvalue weighted by Crippen LogP contribution is 2.34. The summed E-state index contributed by atoms with van der Waals surface area (Å²) in [5.74, 6) is -0.281. The highest BCUT2D eigenvalue weighted by molar-refractivity contribution is 7.19. The second-order valence-electron chi connectivity index (χ2n) is 5.74. The van der Waals surface area contributed by atoms with E-state index < -0.39 is 5.82 Å². The lowest BCUT2D eigenvalue weighted by Gasteiger charge is -2.26. The van der Waals surface area contributed by atoms with Crippen molar-refractivity contribution in [2.24, 2.45) is 5.92 Å². The summed E-state index contributed by atoms with van der Waals surface area (Å²) in [6.07, 6.45) is 4.68. The molecule has 0 radical (unpaired) electrons. The molecule has 23 heavy (non-hydrogen) atoms. The molecule has 5 nitrogen and oxygen atoms in total. The summed E-state index contributed by atoms with van der Waals surface area (Å²) in [6.45, 7) is 3.57. The first-order valence-corrected chi connectivity index (χ1v) is 8.44. The van der Waals surface area contributed by atoms with Gasteiger partial charge in [0.2, 0.25) is 5.91 Å². The van der Waals surface area contributed by atoms with Crippen molar-refractivity contribution in [2.75, 3.05) is 25.0 Å². The number of pyridine rings is 1. The molecule has 1 aliphatic rings. The highest BCUT2D eigenvalue weighted by Gasteiger charge is 2.27. The molecular formula is C16H19FN4OS. The molecule has 122 valence electrons. The van der Waals surface area contributed by atoms with Crippen molar-refractivity contribution in [3.8, 4) is 10.6 Å². The van der Waals surface area contributed by atoms with Crippen molar-refractivity contribution < 1.29 is 9.18 Å². The first-order valence-electron chi connectivity index (χ1n) is 7.63. The van der Waals surface area contributed by atoms with Gasteiger partial charge in [0.1, 0.15) is 15.8 Å². The van der Waals surface area contributed by atoms with Crippen LogP contribution in [0.4, 0.5) is 9.39 Å². The van der Waals surface area contributed by atoms with E-state index in [4.69, 9.17) is 0 Å². The Morgan fingerprint density at radius 1 is 1.48 bits per heavy atom. The van der Waals surface area contributed by atoms with Gasteiger partial charge in [-0.3, -0.25) is 9.78 Å². The zero-order valence-electron chi connectivity index (χ0n) is 13.2. The average molecular weight is 334 g/mol. The maximum Gasteiger partial charge on any atom is 0.231 e. The molecule has 0 aliphatic carbocycles. The summed E-state index contributed by atoms with van der Waals surface area (Å²) >= 11 is 1.39. The molecule has 2 aromatic heterocycles. The molecule has 0 aromatic carbocycles. The van der Waals surface area contributed by atoms with Crippen molar-refractivity contribution in [1.82, 2.24) is 15.3 Å². The molecule has 1 unspecified atom stereocenters. The van der Waals surface area contributed by atoms with Gasteiger partial charge in [-0.15, -0.1) is 0 Å². The number of nitrogens with zero attached hydrogens (tertiary/aromatic N) is 3. The number of amides is 1. The number of aromatic nitrogens is 2. The van der Waals surface area contributed by atoms with E-state index in [1.807, 2.05) is 6.92 Å². The lowest BCUT2D eigenvalue weighted by Crippen LogP contribution is -2.41. The van der Waals surface area contributed by atoms with Crippen LogP contribution in [-0.4, -0.2) is 36.0 Å². The fourth-order valence-electron chi connectivity index (χ4n) is 2.79. The first-order chi connectivity index (χ1) is 11.1. The number of piperidine rings is 1. The van der Waals surface area contributed by atoms with Crippen LogP contribution in [0.3, 0.4) is 0 Å². The molecule has 1 saturated heterocycles. The number of halogens is 1. The van der Waals surface area contributed by atoms with E-state index in [9.17, 15) is 9.18 Å². The Morgan fingerprint density at radius 2 is 2.30 bits per heavy atom. The molecule has 0 saturated carbocycles. The van der Waals surface area contributed by atoms with E-state index in [1.165, 1.54) is 17.4 Å². The molecule has 1 N–H and O–H groups in total. The van der Waals surface area contributed by atoms with E-state index in [0.29, 0.717) is 10.6 Å². The Morgan fingerprint density at radius 3 is 3.00 bits per heavy atom. The third kappa shape index (κ3) is 3.40. The average Bonchev–Trinajstić information content (AvgIpc) is 2.96. The standard InChI is InChI=1S/C16H19FN4OS/c1-10-16(21(2)15(22)11-4-3-5-18-7-11)23-14(20-10)12-6-13(17)9-19-8-12/h6,8-9,11,18H,3-5,7H2,1-2H3. The van der Waals surface area contributed by atoms with Crippen LogP contribution in [-0.2, 0) is 4.79 Å². The largest absolute Gasteiger partial charge is 0.316 e. The number of thiazole rings is 1. The Balaban J connectivity index is 1.84. The summed E-state index contributed by atoms with van der Waals surface area (Å²) in [5.41, 5.74) is 1.40. The minimum Gasteiger partial charge on any atom is -0.316 e. The second kappa shape index (κ2) is 6.72. The Kier molecular flexibility index (Phi) is 4.68. The van der Waals surface area contributed by atoms with Gasteiger partial charge in [-0.1, -0.05) is 11.3 Å².